The van der Waals surface area contributed by atoms with Gasteiger partial charge in [0.05, 0.1) is 13.2 Å². The van der Waals surface area contributed by atoms with Gasteiger partial charge in [-0.05, 0) is 50.5 Å². The lowest BCUT2D eigenvalue weighted by Gasteiger charge is -2.11. The van der Waals surface area contributed by atoms with E-state index in [1.165, 1.54) is 0 Å². The number of hydrogen-bond donors (Lipinski definition) is 1. The molecule has 0 spiro atoms. The number of carbonyl (C=O) groups excluding carboxylic acids is 1. The quantitative estimate of drug-likeness (QED) is 0.562. The summed E-state index contributed by atoms with van der Waals surface area (Å²) in [6.45, 7) is 8.97. The predicted octanol–water partition coefficient (Wildman–Crippen LogP) is 2.97. The maximum Gasteiger partial charge on any atom is 0.251 e. The predicted molar refractivity (Wildman–Crippen MR) is 84.9 cm³/mol. The molecule has 1 rings (SSSR count). The van der Waals surface area contributed by atoms with Crippen LogP contribution < -0.4 is 10.1 Å². The minimum atomic E-state index is -0.0764. The van der Waals surface area contributed by atoms with Crippen molar-refractivity contribution in [3.8, 4) is 5.75 Å². The maximum absolute atomic E-state index is 12.1. The van der Waals surface area contributed by atoms with Crippen molar-refractivity contribution in [1.29, 1.82) is 0 Å². The number of amides is 1. The first kappa shape index (κ1) is 17.2. The van der Waals surface area contributed by atoms with Crippen LogP contribution in [-0.2, 0) is 11.2 Å². The standard InChI is InChI=1S/C17H25NO3/c1-5-7-14-12-15(8-9-16(14)20-4)17(19)18-10-6-11-21-13(2)3/h5,8-9,12-13H,1,6-7,10-11H2,2-4H3,(H,18,19). The third-order valence-corrected chi connectivity index (χ3v) is 2.96. The Morgan fingerprint density at radius 2 is 2.19 bits per heavy atom. The Bertz CT molecular complexity index is 469. The van der Waals surface area contributed by atoms with Crippen LogP contribution in [-0.4, -0.2) is 32.3 Å². The number of hydrogen-bond acceptors (Lipinski definition) is 3. The van der Waals surface area contributed by atoms with Gasteiger partial charge in [0, 0.05) is 18.7 Å². The van der Waals surface area contributed by atoms with E-state index in [9.17, 15) is 4.79 Å². The lowest BCUT2D eigenvalue weighted by Crippen LogP contribution is -2.25. The second-order valence-electron chi connectivity index (χ2n) is 5.05. The van der Waals surface area contributed by atoms with Gasteiger partial charge in [-0.2, -0.15) is 0 Å². The minimum Gasteiger partial charge on any atom is -0.496 e. The molecular formula is C17H25NO3. The highest BCUT2D eigenvalue weighted by Crippen LogP contribution is 2.20. The van der Waals surface area contributed by atoms with Crippen molar-refractivity contribution in [1.82, 2.24) is 5.32 Å². The molecular weight excluding hydrogens is 266 g/mol. The summed E-state index contributed by atoms with van der Waals surface area (Å²) in [7, 11) is 1.62. The molecule has 0 aliphatic carbocycles. The molecule has 4 nitrogen and oxygen atoms in total. The monoisotopic (exact) mass is 291 g/mol. The van der Waals surface area contributed by atoms with Gasteiger partial charge in [0.2, 0.25) is 0 Å². The third kappa shape index (κ3) is 6.00. The molecule has 4 heteroatoms. The molecule has 0 aliphatic heterocycles. The lowest BCUT2D eigenvalue weighted by molar-refractivity contribution is 0.0757. The van der Waals surface area contributed by atoms with Crippen LogP contribution in [0.2, 0.25) is 0 Å². The van der Waals surface area contributed by atoms with E-state index in [4.69, 9.17) is 9.47 Å². The zero-order valence-corrected chi connectivity index (χ0v) is 13.1. The molecule has 0 aromatic heterocycles. The minimum absolute atomic E-state index is 0.0764. The van der Waals surface area contributed by atoms with E-state index in [1.54, 1.807) is 19.3 Å². The van der Waals surface area contributed by atoms with E-state index >= 15 is 0 Å². The van der Waals surface area contributed by atoms with Gasteiger partial charge in [-0.25, -0.2) is 0 Å². The molecule has 0 saturated carbocycles. The summed E-state index contributed by atoms with van der Waals surface area (Å²) in [5, 5.41) is 2.89. The molecule has 1 aromatic rings. The molecule has 1 amide bonds. The van der Waals surface area contributed by atoms with Crippen molar-refractivity contribution in [2.45, 2.75) is 32.8 Å². The van der Waals surface area contributed by atoms with Crippen molar-refractivity contribution in [2.75, 3.05) is 20.3 Å². The van der Waals surface area contributed by atoms with Gasteiger partial charge in [-0.3, -0.25) is 4.79 Å². The highest BCUT2D eigenvalue weighted by Gasteiger charge is 2.09. The Morgan fingerprint density at radius 3 is 2.81 bits per heavy atom. The molecule has 0 fully saturated rings. The largest absolute Gasteiger partial charge is 0.496 e. The topological polar surface area (TPSA) is 47.6 Å². The molecule has 0 bridgehead atoms. The number of ether oxygens (including phenoxy) is 2. The first-order chi connectivity index (χ1) is 10.1. The summed E-state index contributed by atoms with van der Waals surface area (Å²) in [4.78, 5) is 12.1. The van der Waals surface area contributed by atoms with Crippen LogP contribution in [0, 0.1) is 0 Å². The second kappa shape index (κ2) is 9.19. The molecule has 0 radical (unpaired) electrons. The van der Waals surface area contributed by atoms with E-state index in [-0.39, 0.29) is 12.0 Å². The smallest absolute Gasteiger partial charge is 0.251 e. The summed E-state index contributed by atoms with van der Waals surface area (Å²) in [5.74, 6) is 0.698. The maximum atomic E-state index is 12.1. The highest BCUT2D eigenvalue weighted by atomic mass is 16.5. The molecule has 0 atom stereocenters. The Kier molecular flexibility index (Phi) is 7.54. The van der Waals surface area contributed by atoms with Crippen LogP contribution >= 0.6 is 0 Å². The van der Waals surface area contributed by atoms with Gasteiger partial charge < -0.3 is 14.8 Å². The van der Waals surface area contributed by atoms with Gasteiger partial charge in [-0.15, -0.1) is 6.58 Å². The van der Waals surface area contributed by atoms with Gasteiger partial charge in [0.15, 0.2) is 0 Å². The molecule has 0 unspecified atom stereocenters. The zero-order valence-electron chi connectivity index (χ0n) is 13.1. The normalized spacial score (nSPS) is 10.5. The van der Waals surface area contributed by atoms with Crippen molar-refractivity contribution < 1.29 is 14.3 Å². The van der Waals surface area contributed by atoms with Crippen LogP contribution in [0.3, 0.4) is 0 Å². The highest BCUT2D eigenvalue weighted by molar-refractivity contribution is 5.94. The van der Waals surface area contributed by atoms with E-state index in [1.807, 2.05) is 26.0 Å². The molecule has 0 heterocycles. The fourth-order valence-corrected chi connectivity index (χ4v) is 1.93. The van der Waals surface area contributed by atoms with Crippen LogP contribution in [0.1, 0.15) is 36.2 Å². The number of nitrogens with one attached hydrogen (secondary N) is 1. The first-order valence-corrected chi connectivity index (χ1v) is 7.26. The van der Waals surface area contributed by atoms with Crippen LogP contribution in [0.5, 0.6) is 5.75 Å². The zero-order chi connectivity index (χ0) is 15.7. The molecule has 1 aromatic carbocycles. The number of allylic oxidation sites excluding steroid dienone is 1. The Balaban J connectivity index is 2.53. The van der Waals surface area contributed by atoms with Gasteiger partial charge >= 0.3 is 0 Å². The average Bonchev–Trinajstić information content (AvgIpc) is 2.46. The molecule has 0 saturated heterocycles. The van der Waals surface area contributed by atoms with Crippen molar-refractivity contribution in [2.24, 2.45) is 0 Å². The van der Waals surface area contributed by atoms with Gasteiger partial charge in [0.25, 0.3) is 5.91 Å². The fourth-order valence-electron chi connectivity index (χ4n) is 1.93. The SMILES string of the molecule is C=CCc1cc(C(=O)NCCCOC(C)C)ccc1OC. The van der Waals surface area contributed by atoms with E-state index in [2.05, 4.69) is 11.9 Å². The summed E-state index contributed by atoms with van der Waals surface area (Å²) in [5.41, 5.74) is 1.60. The number of rotatable bonds is 9. The summed E-state index contributed by atoms with van der Waals surface area (Å²) in [6, 6.07) is 5.43. The van der Waals surface area contributed by atoms with E-state index < -0.39 is 0 Å². The molecule has 116 valence electrons. The van der Waals surface area contributed by atoms with Crippen LogP contribution in [0.25, 0.3) is 0 Å². The van der Waals surface area contributed by atoms with Crippen LogP contribution in [0.4, 0.5) is 0 Å². The van der Waals surface area contributed by atoms with Crippen molar-refractivity contribution >= 4 is 5.91 Å². The molecule has 1 N–H and O–H groups in total. The number of benzene rings is 1. The number of carbonyl (C=O) groups is 1. The second-order valence-corrected chi connectivity index (χ2v) is 5.05. The fraction of sp³-hybridized carbons (Fsp3) is 0.471. The van der Waals surface area contributed by atoms with Crippen molar-refractivity contribution in [3.63, 3.8) is 0 Å². The Hall–Kier alpha value is -1.81. The third-order valence-electron chi connectivity index (χ3n) is 2.96. The summed E-state index contributed by atoms with van der Waals surface area (Å²) >= 11 is 0. The lowest BCUT2D eigenvalue weighted by atomic mass is 10.1. The summed E-state index contributed by atoms with van der Waals surface area (Å²) in [6.07, 6.45) is 3.50. The molecule has 0 aliphatic rings. The van der Waals surface area contributed by atoms with Gasteiger partial charge in [0.1, 0.15) is 5.75 Å². The first-order valence-electron chi connectivity index (χ1n) is 7.26. The number of methoxy groups -OCH3 is 1. The van der Waals surface area contributed by atoms with E-state index in [0.29, 0.717) is 25.1 Å². The Labute approximate surface area is 127 Å². The van der Waals surface area contributed by atoms with Crippen molar-refractivity contribution in [3.05, 3.63) is 42.0 Å². The average molecular weight is 291 g/mol. The van der Waals surface area contributed by atoms with E-state index in [0.717, 1.165) is 17.7 Å². The van der Waals surface area contributed by atoms with Crippen LogP contribution in [0.15, 0.2) is 30.9 Å². The van der Waals surface area contributed by atoms with Gasteiger partial charge in [-0.1, -0.05) is 6.08 Å². The molecule has 21 heavy (non-hydrogen) atoms. The Morgan fingerprint density at radius 1 is 1.43 bits per heavy atom. The summed E-state index contributed by atoms with van der Waals surface area (Å²) < 4.78 is 10.7.